The summed E-state index contributed by atoms with van der Waals surface area (Å²) in [5, 5.41) is 12.4. The number of carbonyl (C=O) groups is 3. The van der Waals surface area contributed by atoms with E-state index < -0.39 is 30.3 Å². The van der Waals surface area contributed by atoms with Gasteiger partial charge >= 0.3 is 12.1 Å². The van der Waals surface area contributed by atoms with Crippen LogP contribution in [0.3, 0.4) is 0 Å². The molecule has 2 aliphatic heterocycles. The Morgan fingerprint density at radius 1 is 1.03 bits per heavy atom. The van der Waals surface area contributed by atoms with E-state index in [2.05, 4.69) is 29.6 Å². The number of piperidine rings is 1. The number of benzene rings is 2. The molecule has 4 atom stereocenters. The normalized spacial score (nSPS) is 25.6. The van der Waals surface area contributed by atoms with Crippen LogP contribution in [0.25, 0.3) is 11.1 Å². The van der Waals surface area contributed by atoms with Crippen molar-refractivity contribution in [3.63, 3.8) is 0 Å². The van der Waals surface area contributed by atoms with Gasteiger partial charge in [-0.2, -0.15) is 0 Å². The van der Waals surface area contributed by atoms with Gasteiger partial charge < -0.3 is 24.8 Å². The van der Waals surface area contributed by atoms with E-state index >= 15 is 0 Å². The number of rotatable bonds is 5. The molecule has 0 aromatic heterocycles. The van der Waals surface area contributed by atoms with Gasteiger partial charge in [-0.1, -0.05) is 55.5 Å². The summed E-state index contributed by atoms with van der Waals surface area (Å²) in [5.74, 6) is -1.24. The number of alkyl carbamates (subject to hydrolysis) is 1. The molecule has 2 aromatic carbocycles. The average Bonchev–Trinajstić information content (AvgIpc) is 3.44. The monoisotopic (exact) mass is 478 g/mol. The van der Waals surface area contributed by atoms with E-state index in [1.54, 1.807) is 0 Å². The van der Waals surface area contributed by atoms with Gasteiger partial charge in [0.2, 0.25) is 0 Å². The summed E-state index contributed by atoms with van der Waals surface area (Å²) in [6.07, 6.45) is 0.110. The highest BCUT2D eigenvalue weighted by Gasteiger charge is 2.43. The highest BCUT2D eigenvalue weighted by Crippen LogP contribution is 2.44. The molecule has 8 nitrogen and oxygen atoms in total. The highest BCUT2D eigenvalue weighted by atomic mass is 16.6. The number of ether oxygens (including phenoxy) is 2. The number of carboxylic acids is 1. The Morgan fingerprint density at radius 3 is 2.34 bits per heavy atom. The number of amides is 2. The number of fused-ring (bicyclic) bond motifs is 3. The molecule has 2 fully saturated rings. The third-order valence-electron chi connectivity index (χ3n) is 7.37. The summed E-state index contributed by atoms with van der Waals surface area (Å²) in [6, 6.07) is 14.8. The predicted molar refractivity (Wildman–Crippen MR) is 128 cm³/mol. The molecule has 2 saturated heterocycles. The number of hydrogen-bond donors (Lipinski definition) is 2. The minimum absolute atomic E-state index is 0.0587. The summed E-state index contributed by atoms with van der Waals surface area (Å²) in [7, 11) is 0. The summed E-state index contributed by atoms with van der Waals surface area (Å²) in [4.78, 5) is 39.1. The third-order valence-corrected chi connectivity index (χ3v) is 7.37. The Bertz CT molecular complexity index is 1090. The molecule has 2 unspecified atom stereocenters. The van der Waals surface area contributed by atoms with Crippen LogP contribution in [0, 0.1) is 5.92 Å². The van der Waals surface area contributed by atoms with Crippen LogP contribution in [0.5, 0.6) is 0 Å². The lowest BCUT2D eigenvalue weighted by Gasteiger charge is -2.38. The molecule has 0 radical (unpaired) electrons. The first-order chi connectivity index (χ1) is 16.9. The summed E-state index contributed by atoms with van der Waals surface area (Å²) in [5.41, 5.74) is 4.54. The molecule has 5 rings (SSSR count). The summed E-state index contributed by atoms with van der Waals surface area (Å²) in [6.45, 7) is 2.86. The maximum atomic E-state index is 13.2. The van der Waals surface area contributed by atoms with Gasteiger partial charge in [-0.05, 0) is 47.4 Å². The Morgan fingerprint density at radius 2 is 1.69 bits per heavy atom. The van der Waals surface area contributed by atoms with Crippen LogP contribution in [-0.2, 0) is 19.1 Å². The molecule has 184 valence electrons. The Labute approximate surface area is 204 Å². The lowest BCUT2D eigenvalue weighted by atomic mass is 9.93. The molecule has 3 aliphatic rings. The maximum absolute atomic E-state index is 13.2. The molecule has 0 bridgehead atoms. The van der Waals surface area contributed by atoms with Crippen molar-refractivity contribution < 1.29 is 29.0 Å². The van der Waals surface area contributed by atoms with Crippen LogP contribution in [0.2, 0.25) is 0 Å². The largest absolute Gasteiger partial charge is 0.480 e. The van der Waals surface area contributed by atoms with Crippen LogP contribution in [-0.4, -0.2) is 65.9 Å². The quantitative estimate of drug-likeness (QED) is 0.683. The molecule has 1 aliphatic carbocycles. The zero-order valence-electron chi connectivity index (χ0n) is 19.7. The molecule has 0 saturated carbocycles. The van der Waals surface area contributed by atoms with E-state index in [1.165, 1.54) is 4.90 Å². The van der Waals surface area contributed by atoms with E-state index in [9.17, 15) is 19.5 Å². The van der Waals surface area contributed by atoms with Crippen molar-refractivity contribution in [1.82, 2.24) is 10.2 Å². The first kappa shape index (κ1) is 23.4. The zero-order chi connectivity index (χ0) is 24.5. The van der Waals surface area contributed by atoms with E-state index in [1.807, 2.05) is 31.2 Å². The standard InChI is InChI=1S/C27H30N2O6/c1-16-10-11-23(26(31)32)29(14-16)25(30)24-22(12-13-34-24)28-27(33)35-15-21-19-8-4-2-6-17(19)18-7-3-5-9-20(18)21/h2-9,16,21-24H,10-15H2,1H3,(H,28,33)(H,31,32)/t16?,22-,23?,24+/m0/s1. The third kappa shape index (κ3) is 4.50. The van der Waals surface area contributed by atoms with Gasteiger partial charge in [0.05, 0.1) is 6.04 Å². The number of hydrogen-bond acceptors (Lipinski definition) is 5. The van der Waals surface area contributed by atoms with Crippen molar-refractivity contribution in [3.8, 4) is 11.1 Å². The Kier molecular flexibility index (Phi) is 6.47. The number of likely N-dealkylation sites (tertiary alicyclic amines) is 1. The fourth-order valence-electron chi connectivity index (χ4n) is 5.59. The second-order valence-corrected chi connectivity index (χ2v) is 9.68. The van der Waals surface area contributed by atoms with Crippen LogP contribution in [0.15, 0.2) is 48.5 Å². The van der Waals surface area contributed by atoms with E-state index in [4.69, 9.17) is 9.47 Å². The van der Waals surface area contributed by atoms with E-state index in [-0.39, 0.29) is 24.3 Å². The lowest BCUT2D eigenvalue weighted by molar-refractivity contribution is -0.158. The number of carboxylic acid groups (broad SMARTS) is 1. The van der Waals surface area contributed by atoms with Gasteiger partial charge in [-0.3, -0.25) is 4.79 Å². The van der Waals surface area contributed by atoms with E-state index in [0.29, 0.717) is 26.0 Å². The molecule has 35 heavy (non-hydrogen) atoms. The summed E-state index contributed by atoms with van der Waals surface area (Å²) >= 11 is 0. The van der Waals surface area contributed by atoms with Crippen LogP contribution in [0.1, 0.15) is 43.2 Å². The van der Waals surface area contributed by atoms with Crippen molar-refractivity contribution in [2.75, 3.05) is 19.8 Å². The van der Waals surface area contributed by atoms with Crippen LogP contribution < -0.4 is 5.32 Å². The average molecular weight is 479 g/mol. The van der Waals surface area contributed by atoms with Crippen molar-refractivity contribution in [3.05, 3.63) is 59.7 Å². The smallest absolute Gasteiger partial charge is 0.407 e. The second-order valence-electron chi connectivity index (χ2n) is 9.68. The number of aliphatic carboxylic acids is 1. The Hall–Kier alpha value is -3.39. The second kappa shape index (κ2) is 9.70. The molecule has 0 spiro atoms. The summed E-state index contributed by atoms with van der Waals surface area (Å²) < 4.78 is 11.3. The van der Waals surface area contributed by atoms with Crippen molar-refractivity contribution >= 4 is 18.0 Å². The van der Waals surface area contributed by atoms with Crippen LogP contribution in [0.4, 0.5) is 4.79 Å². The lowest BCUT2D eigenvalue weighted by Crippen LogP contribution is -2.56. The minimum atomic E-state index is -1.01. The van der Waals surface area contributed by atoms with Crippen molar-refractivity contribution in [2.45, 2.75) is 50.3 Å². The van der Waals surface area contributed by atoms with Crippen molar-refractivity contribution in [2.24, 2.45) is 5.92 Å². The van der Waals surface area contributed by atoms with Gasteiger partial charge in [-0.15, -0.1) is 0 Å². The molecule has 8 heteroatoms. The maximum Gasteiger partial charge on any atom is 0.407 e. The van der Waals surface area contributed by atoms with Gasteiger partial charge in [0.1, 0.15) is 12.6 Å². The van der Waals surface area contributed by atoms with Gasteiger partial charge in [0.25, 0.3) is 5.91 Å². The fourth-order valence-corrected chi connectivity index (χ4v) is 5.59. The molecular formula is C27H30N2O6. The topological polar surface area (TPSA) is 105 Å². The van der Waals surface area contributed by atoms with Gasteiger partial charge in [0.15, 0.2) is 6.10 Å². The highest BCUT2D eigenvalue weighted by molar-refractivity contribution is 5.88. The number of nitrogens with zero attached hydrogens (tertiary/aromatic N) is 1. The molecule has 2 heterocycles. The van der Waals surface area contributed by atoms with E-state index in [0.717, 1.165) is 28.7 Å². The van der Waals surface area contributed by atoms with Crippen LogP contribution >= 0.6 is 0 Å². The SMILES string of the molecule is CC1CCC(C(=O)O)N(C(=O)[C@@H]2OCC[C@@H]2NC(=O)OCC2c3ccccc3-c3ccccc32)C1. The molecule has 2 N–H and O–H groups in total. The zero-order valence-corrected chi connectivity index (χ0v) is 19.7. The molecule has 2 amide bonds. The first-order valence-corrected chi connectivity index (χ1v) is 12.2. The number of nitrogens with one attached hydrogen (secondary N) is 1. The number of carbonyl (C=O) groups excluding carboxylic acids is 2. The first-order valence-electron chi connectivity index (χ1n) is 12.2. The minimum Gasteiger partial charge on any atom is -0.480 e. The van der Waals surface area contributed by atoms with Crippen molar-refractivity contribution in [1.29, 1.82) is 0 Å². The molecular weight excluding hydrogens is 448 g/mol. The molecule has 2 aromatic rings. The van der Waals surface area contributed by atoms with Gasteiger partial charge in [-0.25, -0.2) is 9.59 Å². The predicted octanol–water partition coefficient (Wildman–Crippen LogP) is 3.39. The van der Waals surface area contributed by atoms with Gasteiger partial charge in [0, 0.05) is 19.1 Å². The Balaban J connectivity index is 1.23. The fraction of sp³-hybridized carbons (Fsp3) is 0.444.